The molecule has 30 heavy (non-hydrogen) atoms. The molecule has 3 N–H and O–H groups in total. The van der Waals surface area contributed by atoms with Gasteiger partial charge in [0.05, 0.1) is 23.4 Å². The summed E-state index contributed by atoms with van der Waals surface area (Å²) in [6.45, 7) is 0. The van der Waals surface area contributed by atoms with Gasteiger partial charge in [0.2, 0.25) is 0 Å². The van der Waals surface area contributed by atoms with Crippen LogP contribution < -0.4 is 20.1 Å². The average Bonchev–Trinajstić information content (AvgIpc) is 2.67. The van der Waals surface area contributed by atoms with Crippen LogP contribution in [0.3, 0.4) is 0 Å². The highest BCUT2D eigenvalue weighted by atomic mass is 35.5. The Labute approximate surface area is 190 Å². The van der Waals surface area contributed by atoms with Crippen LogP contribution in [-0.4, -0.2) is 20.6 Å². The molecule has 3 aromatic rings. The van der Waals surface area contributed by atoms with Crippen LogP contribution in [0.2, 0.25) is 10.0 Å². The first-order valence-electron chi connectivity index (χ1n) is 8.57. The normalized spacial score (nSPS) is 10.9. The van der Waals surface area contributed by atoms with E-state index in [4.69, 9.17) is 40.2 Å². The Balaban J connectivity index is 1.68. The lowest BCUT2D eigenvalue weighted by Gasteiger charge is -2.14. The monoisotopic (exact) mass is 481 g/mol. The van der Waals surface area contributed by atoms with E-state index in [2.05, 4.69) is 15.4 Å². The number of thiocarbonyl (C=S) groups is 1. The number of para-hydroxylation sites is 2. The number of ether oxygens (including phenoxy) is 1. The van der Waals surface area contributed by atoms with Gasteiger partial charge in [-0.3, -0.25) is 4.72 Å². The second-order valence-electron chi connectivity index (χ2n) is 6.07. The van der Waals surface area contributed by atoms with Gasteiger partial charge in [0.1, 0.15) is 5.75 Å². The molecular formula is C20H17Cl2N3O3S2. The summed E-state index contributed by atoms with van der Waals surface area (Å²) >= 11 is 17.1. The number of methoxy groups -OCH3 is 1. The molecule has 0 radical (unpaired) electrons. The summed E-state index contributed by atoms with van der Waals surface area (Å²) < 4.78 is 32.9. The van der Waals surface area contributed by atoms with E-state index in [-0.39, 0.29) is 10.6 Å². The fourth-order valence-corrected chi connectivity index (χ4v) is 4.37. The molecule has 0 atom stereocenters. The highest BCUT2D eigenvalue weighted by Crippen LogP contribution is 2.26. The Kier molecular flexibility index (Phi) is 7.04. The van der Waals surface area contributed by atoms with E-state index in [1.165, 1.54) is 30.3 Å². The number of sulfonamides is 1. The molecular weight excluding hydrogens is 465 g/mol. The van der Waals surface area contributed by atoms with E-state index in [1.54, 1.807) is 19.2 Å². The number of hydrogen-bond acceptors (Lipinski definition) is 4. The highest BCUT2D eigenvalue weighted by molar-refractivity contribution is 7.92. The minimum absolute atomic E-state index is 0.0766. The van der Waals surface area contributed by atoms with E-state index < -0.39 is 10.0 Å². The van der Waals surface area contributed by atoms with E-state index in [0.29, 0.717) is 32.3 Å². The lowest BCUT2D eigenvalue weighted by atomic mass is 10.3. The molecule has 0 saturated carbocycles. The minimum Gasteiger partial charge on any atom is -0.495 e. The average molecular weight is 482 g/mol. The van der Waals surface area contributed by atoms with Crippen molar-refractivity contribution in [1.29, 1.82) is 0 Å². The van der Waals surface area contributed by atoms with Crippen molar-refractivity contribution in [3.05, 3.63) is 76.8 Å². The largest absolute Gasteiger partial charge is 0.495 e. The van der Waals surface area contributed by atoms with Crippen LogP contribution in [-0.2, 0) is 10.0 Å². The Morgan fingerprint density at radius 3 is 2.17 bits per heavy atom. The van der Waals surface area contributed by atoms with Crippen molar-refractivity contribution in [2.24, 2.45) is 0 Å². The zero-order valence-corrected chi connectivity index (χ0v) is 18.8. The second kappa shape index (κ2) is 9.53. The van der Waals surface area contributed by atoms with Crippen molar-refractivity contribution < 1.29 is 13.2 Å². The van der Waals surface area contributed by atoms with Gasteiger partial charge < -0.3 is 15.4 Å². The summed E-state index contributed by atoms with van der Waals surface area (Å²) in [5.41, 5.74) is 1.60. The molecule has 0 amide bonds. The topological polar surface area (TPSA) is 79.5 Å². The van der Waals surface area contributed by atoms with Crippen molar-refractivity contribution in [2.75, 3.05) is 22.5 Å². The fraction of sp³-hybridized carbons (Fsp3) is 0.0500. The van der Waals surface area contributed by atoms with E-state index in [1.807, 2.05) is 24.3 Å². The third-order valence-electron chi connectivity index (χ3n) is 3.89. The van der Waals surface area contributed by atoms with Gasteiger partial charge in [-0.05, 0) is 66.8 Å². The minimum atomic E-state index is -3.81. The molecule has 0 aliphatic heterocycles. The predicted molar refractivity (Wildman–Crippen MR) is 127 cm³/mol. The van der Waals surface area contributed by atoms with Gasteiger partial charge in [-0.2, -0.15) is 0 Å². The number of benzene rings is 3. The molecule has 10 heteroatoms. The van der Waals surface area contributed by atoms with Crippen LogP contribution in [0.15, 0.2) is 71.6 Å². The third-order valence-corrected chi connectivity index (χ3v) is 5.93. The van der Waals surface area contributed by atoms with Crippen LogP contribution in [0.25, 0.3) is 0 Å². The van der Waals surface area contributed by atoms with E-state index in [9.17, 15) is 8.42 Å². The lowest BCUT2D eigenvalue weighted by molar-refractivity contribution is 0.417. The maximum Gasteiger partial charge on any atom is 0.261 e. The summed E-state index contributed by atoms with van der Waals surface area (Å²) in [4.78, 5) is 0.0766. The lowest BCUT2D eigenvalue weighted by Crippen LogP contribution is -2.19. The highest BCUT2D eigenvalue weighted by Gasteiger charge is 2.15. The Morgan fingerprint density at radius 1 is 0.900 bits per heavy atom. The smallest absolute Gasteiger partial charge is 0.261 e. The maximum absolute atomic E-state index is 12.6. The van der Waals surface area contributed by atoms with Crippen LogP contribution in [0, 0.1) is 0 Å². The molecule has 0 saturated heterocycles. The molecule has 0 aliphatic carbocycles. The first kappa shape index (κ1) is 22.2. The van der Waals surface area contributed by atoms with Gasteiger partial charge in [-0.25, -0.2) is 8.42 Å². The van der Waals surface area contributed by atoms with E-state index in [0.717, 1.165) is 0 Å². The number of halogens is 2. The van der Waals surface area contributed by atoms with Crippen molar-refractivity contribution in [3.63, 3.8) is 0 Å². The Morgan fingerprint density at radius 2 is 1.53 bits per heavy atom. The SMILES string of the molecule is COc1ccccc1NC(=S)Nc1ccc(S(=O)(=O)Nc2cc(Cl)cc(Cl)c2)cc1. The van der Waals surface area contributed by atoms with Crippen LogP contribution in [0.5, 0.6) is 5.75 Å². The van der Waals surface area contributed by atoms with Crippen molar-refractivity contribution in [2.45, 2.75) is 4.90 Å². The summed E-state index contributed by atoms with van der Waals surface area (Å²) in [7, 11) is -2.24. The molecule has 6 nitrogen and oxygen atoms in total. The molecule has 0 bridgehead atoms. The van der Waals surface area contributed by atoms with Gasteiger partial charge >= 0.3 is 0 Å². The standard InChI is InChI=1S/C20H17Cl2N3O3S2/c1-28-19-5-3-2-4-18(19)24-20(29)23-15-6-8-17(9-7-15)30(26,27)25-16-11-13(21)10-14(22)12-16/h2-12,25H,1H3,(H2,23,24,29). The zero-order chi connectivity index (χ0) is 21.7. The van der Waals surface area contributed by atoms with Crippen molar-refractivity contribution in [1.82, 2.24) is 0 Å². The summed E-state index contributed by atoms with van der Waals surface area (Å²) in [6, 6.07) is 17.9. The molecule has 0 unspecified atom stereocenters. The summed E-state index contributed by atoms with van der Waals surface area (Å²) in [5.74, 6) is 0.648. The second-order valence-corrected chi connectivity index (χ2v) is 9.03. The molecule has 0 aromatic heterocycles. The fourth-order valence-electron chi connectivity index (χ4n) is 2.58. The number of anilines is 3. The maximum atomic E-state index is 12.6. The molecule has 3 aromatic carbocycles. The van der Waals surface area contributed by atoms with E-state index >= 15 is 0 Å². The van der Waals surface area contributed by atoms with Crippen molar-refractivity contribution in [3.8, 4) is 5.75 Å². The molecule has 0 fully saturated rings. The van der Waals surface area contributed by atoms with Crippen LogP contribution >= 0.6 is 35.4 Å². The van der Waals surface area contributed by atoms with Crippen LogP contribution in [0.4, 0.5) is 17.1 Å². The van der Waals surface area contributed by atoms with Crippen molar-refractivity contribution >= 4 is 67.6 Å². The third kappa shape index (κ3) is 5.76. The van der Waals surface area contributed by atoms with Gasteiger partial charge in [-0.15, -0.1) is 0 Å². The van der Waals surface area contributed by atoms with Crippen LogP contribution in [0.1, 0.15) is 0 Å². The predicted octanol–water partition coefficient (Wildman–Crippen LogP) is 5.61. The van der Waals surface area contributed by atoms with Gasteiger partial charge in [0, 0.05) is 15.7 Å². The van der Waals surface area contributed by atoms with Gasteiger partial charge in [-0.1, -0.05) is 35.3 Å². The molecule has 0 heterocycles. The van der Waals surface area contributed by atoms with Gasteiger partial charge in [0.15, 0.2) is 5.11 Å². The molecule has 156 valence electrons. The zero-order valence-electron chi connectivity index (χ0n) is 15.6. The summed E-state index contributed by atoms with van der Waals surface area (Å²) in [6.07, 6.45) is 0. The Bertz CT molecular complexity index is 1150. The number of hydrogen-bond donors (Lipinski definition) is 3. The molecule has 0 aliphatic rings. The summed E-state index contributed by atoms with van der Waals surface area (Å²) in [5, 5.41) is 7.03. The number of nitrogens with one attached hydrogen (secondary N) is 3. The number of rotatable bonds is 6. The first-order chi connectivity index (χ1) is 14.3. The first-order valence-corrected chi connectivity index (χ1v) is 11.2. The quantitative estimate of drug-likeness (QED) is 0.397. The molecule has 3 rings (SSSR count). The Hall–Kier alpha value is -2.52. The molecule has 0 spiro atoms. The van der Waals surface area contributed by atoms with Gasteiger partial charge in [0.25, 0.3) is 10.0 Å².